The second-order valence-electron chi connectivity index (χ2n) is 3.26. The highest BCUT2D eigenvalue weighted by Crippen LogP contribution is 2.18. The molecule has 72 valence electrons. The molecule has 0 radical (unpaired) electrons. The summed E-state index contributed by atoms with van der Waals surface area (Å²) in [6.07, 6.45) is 2.53. The predicted molar refractivity (Wildman–Crippen MR) is 49.7 cm³/mol. The molecule has 1 aromatic rings. The van der Waals surface area contributed by atoms with E-state index in [0.29, 0.717) is 12.0 Å². The van der Waals surface area contributed by atoms with Gasteiger partial charge in [-0.05, 0) is 37.0 Å². The standard InChI is InChI=1S/C11H14F2/c1-3-4-5-9-8(2)6-7-10(12)11(9)13/h6-7H,3-5H2,1-2H3. The van der Waals surface area contributed by atoms with E-state index in [1.54, 1.807) is 6.07 Å². The van der Waals surface area contributed by atoms with E-state index in [9.17, 15) is 8.78 Å². The van der Waals surface area contributed by atoms with Gasteiger partial charge in [0.15, 0.2) is 11.6 Å². The molecule has 0 atom stereocenters. The van der Waals surface area contributed by atoms with Gasteiger partial charge in [-0.1, -0.05) is 19.4 Å². The summed E-state index contributed by atoms with van der Waals surface area (Å²) in [5.41, 5.74) is 1.37. The minimum Gasteiger partial charge on any atom is -0.204 e. The predicted octanol–water partition coefficient (Wildman–Crippen LogP) is 3.62. The zero-order valence-corrected chi connectivity index (χ0v) is 8.03. The molecular weight excluding hydrogens is 170 g/mol. The van der Waals surface area contributed by atoms with Crippen LogP contribution in [0.1, 0.15) is 30.9 Å². The SMILES string of the molecule is CCCCc1c(C)ccc(F)c1F. The Morgan fingerprint density at radius 1 is 1.23 bits per heavy atom. The Morgan fingerprint density at radius 3 is 2.54 bits per heavy atom. The summed E-state index contributed by atoms with van der Waals surface area (Å²) in [6, 6.07) is 2.81. The van der Waals surface area contributed by atoms with Crippen LogP contribution >= 0.6 is 0 Å². The van der Waals surface area contributed by atoms with Crippen molar-refractivity contribution in [1.82, 2.24) is 0 Å². The lowest BCUT2D eigenvalue weighted by Gasteiger charge is -2.06. The van der Waals surface area contributed by atoms with E-state index in [2.05, 4.69) is 0 Å². The Kier molecular flexibility index (Phi) is 3.40. The third-order valence-electron chi connectivity index (χ3n) is 2.21. The van der Waals surface area contributed by atoms with Crippen molar-refractivity contribution in [2.24, 2.45) is 0 Å². The van der Waals surface area contributed by atoms with Gasteiger partial charge in [0.25, 0.3) is 0 Å². The van der Waals surface area contributed by atoms with Crippen LogP contribution in [-0.4, -0.2) is 0 Å². The van der Waals surface area contributed by atoms with Gasteiger partial charge in [0, 0.05) is 0 Å². The summed E-state index contributed by atoms with van der Waals surface area (Å²) in [5, 5.41) is 0. The van der Waals surface area contributed by atoms with Gasteiger partial charge in [0.2, 0.25) is 0 Å². The fourth-order valence-corrected chi connectivity index (χ4v) is 1.35. The minimum atomic E-state index is -0.739. The maximum atomic E-state index is 13.2. The summed E-state index contributed by atoms with van der Waals surface area (Å²) < 4.78 is 26.0. The Bertz CT molecular complexity index is 292. The van der Waals surface area contributed by atoms with Gasteiger partial charge >= 0.3 is 0 Å². The maximum absolute atomic E-state index is 13.2. The van der Waals surface area contributed by atoms with Crippen LogP contribution in [0.3, 0.4) is 0 Å². The Hall–Kier alpha value is -0.920. The van der Waals surface area contributed by atoms with E-state index in [-0.39, 0.29) is 0 Å². The molecule has 0 N–H and O–H groups in total. The number of unbranched alkanes of at least 4 members (excludes halogenated alkanes) is 1. The number of benzene rings is 1. The van der Waals surface area contributed by atoms with E-state index in [1.807, 2.05) is 13.8 Å². The van der Waals surface area contributed by atoms with E-state index < -0.39 is 11.6 Å². The van der Waals surface area contributed by atoms with Crippen molar-refractivity contribution in [1.29, 1.82) is 0 Å². The minimum absolute atomic E-state index is 0.529. The number of hydrogen-bond donors (Lipinski definition) is 0. The van der Waals surface area contributed by atoms with Crippen molar-refractivity contribution in [3.63, 3.8) is 0 Å². The molecule has 0 heterocycles. The van der Waals surface area contributed by atoms with E-state index >= 15 is 0 Å². The first-order valence-electron chi connectivity index (χ1n) is 4.60. The van der Waals surface area contributed by atoms with Crippen molar-refractivity contribution in [3.8, 4) is 0 Å². The number of hydrogen-bond acceptors (Lipinski definition) is 0. The van der Waals surface area contributed by atoms with Crippen LogP contribution in [0.2, 0.25) is 0 Å². The first kappa shape index (κ1) is 10.2. The average Bonchev–Trinajstić information content (AvgIpc) is 2.12. The third-order valence-corrected chi connectivity index (χ3v) is 2.21. The molecule has 0 aliphatic heterocycles. The first-order chi connectivity index (χ1) is 6.16. The van der Waals surface area contributed by atoms with Crippen molar-refractivity contribution >= 4 is 0 Å². The van der Waals surface area contributed by atoms with Crippen molar-refractivity contribution in [2.45, 2.75) is 33.1 Å². The molecule has 0 aromatic heterocycles. The van der Waals surface area contributed by atoms with Crippen LogP contribution in [-0.2, 0) is 6.42 Å². The van der Waals surface area contributed by atoms with Gasteiger partial charge in [-0.2, -0.15) is 0 Å². The lowest BCUT2D eigenvalue weighted by Crippen LogP contribution is -1.97. The lowest BCUT2D eigenvalue weighted by atomic mass is 10.0. The first-order valence-corrected chi connectivity index (χ1v) is 4.60. The highest BCUT2D eigenvalue weighted by Gasteiger charge is 2.09. The van der Waals surface area contributed by atoms with E-state index in [4.69, 9.17) is 0 Å². The lowest BCUT2D eigenvalue weighted by molar-refractivity contribution is 0.495. The molecule has 0 bridgehead atoms. The molecule has 0 nitrogen and oxygen atoms in total. The van der Waals surface area contributed by atoms with Gasteiger partial charge in [0.1, 0.15) is 0 Å². The molecule has 13 heavy (non-hydrogen) atoms. The molecule has 0 aliphatic carbocycles. The van der Waals surface area contributed by atoms with Crippen molar-refractivity contribution < 1.29 is 8.78 Å². The Labute approximate surface area is 77.6 Å². The molecule has 0 spiro atoms. The van der Waals surface area contributed by atoms with Gasteiger partial charge < -0.3 is 0 Å². The average molecular weight is 184 g/mol. The highest BCUT2D eigenvalue weighted by molar-refractivity contribution is 5.28. The summed E-state index contributed by atoms with van der Waals surface area (Å²) in [6.45, 7) is 3.85. The largest absolute Gasteiger partial charge is 0.204 e. The number of halogens is 2. The number of rotatable bonds is 3. The molecule has 1 rings (SSSR count). The summed E-state index contributed by atoms with van der Waals surface area (Å²) in [4.78, 5) is 0. The molecule has 0 saturated heterocycles. The molecule has 0 amide bonds. The van der Waals surface area contributed by atoms with Gasteiger partial charge in [0.05, 0.1) is 0 Å². The monoisotopic (exact) mass is 184 g/mol. The molecule has 0 unspecified atom stereocenters. The summed E-state index contributed by atoms with van der Waals surface area (Å²) in [5.74, 6) is -1.41. The van der Waals surface area contributed by atoms with Crippen LogP contribution in [0.5, 0.6) is 0 Å². The van der Waals surface area contributed by atoms with Crippen LogP contribution < -0.4 is 0 Å². The van der Waals surface area contributed by atoms with Crippen molar-refractivity contribution in [3.05, 3.63) is 34.9 Å². The van der Waals surface area contributed by atoms with Gasteiger partial charge in [-0.25, -0.2) is 8.78 Å². The topological polar surface area (TPSA) is 0 Å². The molecule has 2 heteroatoms. The fourth-order valence-electron chi connectivity index (χ4n) is 1.35. The smallest absolute Gasteiger partial charge is 0.162 e. The quantitative estimate of drug-likeness (QED) is 0.673. The zero-order valence-electron chi connectivity index (χ0n) is 8.03. The molecule has 1 aromatic carbocycles. The normalized spacial score (nSPS) is 10.5. The van der Waals surface area contributed by atoms with Crippen LogP contribution in [0.15, 0.2) is 12.1 Å². The van der Waals surface area contributed by atoms with Crippen LogP contribution in [0, 0.1) is 18.6 Å². The highest BCUT2D eigenvalue weighted by atomic mass is 19.2. The molecular formula is C11H14F2. The fraction of sp³-hybridized carbons (Fsp3) is 0.455. The Morgan fingerprint density at radius 2 is 1.92 bits per heavy atom. The zero-order chi connectivity index (χ0) is 9.84. The van der Waals surface area contributed by atoms with Crippen molar-refractivity contribution in [2.75, 3.05) is 0 Å². The Balaban J connectivity index is 2.96. The number of aryl methyl sites for hydroxylation is 1. The maximum Gasteiger partial charge on any atom is 0.162 e. The van der Waals surface area contributed by atoms with Crippen LogP contribution in [0.4, 0.5) is 8.78 Å². The molecule has 0 fully saturated rings. The molecule has 0 saturated carbocycles. The molecule has 0 aliphatic rings. The van der Waals surface area contributed by atoms with E-state index in [0.717, 1.165) is 18.4 Å². The summed E-state index contributed by atoms with van der Waals surface area (Å²) in [7, 11) is 0. The third kappa shape index (κ3) is 2.27. The van der Waals surface area contributed by atoms with Gasteiger partial charge in [-0.15, -0.1) is 0 Å². The second kappa shape index (κ2) is 4.35. The van der Waals surface area contributed by atoms with Crippen LogP contribution in [0.25, 0.3) is 0 Å². The van der Waals surface area contributed by atoms with Gasteiger partial charge in [-0.3, -0.25) is 0 Å². The summed E-state index contributed by atoms with van der Waals surface area (Å²) >= 11 is 0. The second-order valence-corrected chi connectivity index (χ2v) is 3.26. The van der Waals surface area contributed by atoms with E-state index in [1.165, 1.54) is 6.07 Å².